The molecule has 9 nitrogen and oxygen atoms in total. The maximum Gasteiger partial charge on any atom is 0.358 e. The summed E-state index contributed by atoms with van der Waals surface area (Å²) in [5.41, 5.74) is 2.14. The standard InChI is InChI=1S/C26H20N2O7S3/c1-18-5-3-4-6-23(18)24(17-27)25-15-16-26(36-25)28-35-38(31,32)22-13-9-20(10-14-22)34-37(29,30)21-11-7-19(33-2)8-12-21/h3-16H,1-2H3. The number of oxime groups is 1. The number of aryl methyl sites for hydroxylation is 1. The fourth-order valence-corrected chi connectivity index (χ4v) is 5.86. The van der Waals surface area contributed by atoms with Crippen molar-refractivity contribution in [3.8, 4) is 17.6 Å². The van der Waals surface area contributed by atoms with Gasteiger partial charge < -0.3 is 8.92 Å². The van der Waals surface area contributed by atoms with E-state index in [0.717, 1.165) is 35.0 Å². The number of benzene rings is 3. The summed E-state index contributed by atoms with van der Waals surface area (Å²) in [6.45, 7) is 1.89. The van der Waals surface area contributed by atoms with Crippen molar-refractivity contribution in [1.29, 1.82) is 5.26 Å². The van der Waals surface area contributed by atoms with Crippen LogP contribution in [0, 0.1) is 18.3 Å². The van der Waals surface area contributed by atoms with Gasteiger partial charge in [-0.25, -0.2) is 0 Å². The Morgan fingerprint density at radius 3 is 2.05 bits per heavy atom. The van der Waals surface area contributed by atoms with E-state index in [1.807, 2.05) is 31.2 Å². The average molecular weight is 569 g/mol. The average Bonchev–Trinajstić information content (AvgIpc) is 3.38. The topological polar surface area (TPSA) is 132 Å². The maximum absolute atomic E-state index is 12.6. The first-order chi connectivity index (χ1) is 18.1. The number of methoxy groups -OCH3 is 1. The molecule has 1 aliphatic heterocycles. The van der Waals surface area contributed by atoms with E-state index < -0.39 is 20.2 Å². The van der Waals surface area contributed by atoms with Crippen LogP contribution in [-0.2, 0) is 24.5 Å². The van der Waals surface area contributed by atoms with Gasteiger partial charge in [0.1, 0.15) is 32.4 Å². The molecule has 12 heteroatoms. The molecule has 38 heavy (non-hydrogen) atoms. The SMILES string of the molecule is COc1ccc(S(=O)(=O)Oc2ccc(S(=O)(=O)ON=C3C=CC(=C(C#N)c4ccccc4C)S3)cc2)cc1. The van der Waals surface area contributed by atoms with E-state index in [0.29, 0.717) is 16.2 Å². The fourth-order valence-electron chi connectivity index (χ4n) is 3.32. The molecule has 1 aliphatic rings. The number of thioether (sulfide) groups is 1. The second-order valence-electron chi connectivity index (χ2n) is 7.74. The Kier molecular flexibility index (Phi) is 7.91. The summed E-state index contributed by atoms with van der Waals surface area (Å²) in [4.78, 5) is 0.268. The van der Waals surface area contributed by atoms with E-state index >= 15 is 0 Å². The number of allylic oxidation sites excluding steroid dienone is 2. The molecule has 0 fully saturated rings. The van der Waals surface area contributed by atoms with Crippen LogP contribution in [0.25, 0.3) is 5.57 Å². The highest BCUT2D eigenvalue weighted by Crippen LogP contribution is 2.35. The lowest BCUT2D eigenvalue weighted by Crippen LogP contribution is -2.10. The van der Waals surface area contributed by atoms with Gasteiger partial charge in [-0.2, -0.15) is 22.1 Å². The lowest BCUT2D eigenvalue weighted by Gasteiger charge is -2.08. The number of ether oxygens (including phenoxy) is 1. The third-order valence-corrected chi connectivity index (χ3v) is 8.62. The van der Waals surface area contributed by atoms with Crippen molar-refractivity contribution >= 4 is 42.6 Å². The van der Waals surface area contributed by atoms with Crippen LogP contribution in [0.2, 0.25) is 0 Å². The largest absolute Gasteiger partial charge is 0.497 e. The molecule has 0 aliphatic carbocycles. The minimum absolute atomic E-state index is 0.0876. The molecule has 0 radical (unpaired) electrons. The molecule has 1 heterocycles. The molecule has 194 valence electrons. The zero-order chi connectivity index (χ0) is 27.3. The van der Waals surface area contributed by atoms with Crippen LogP contribution >= 0.6 is 11.8 Å². The van der Waals surface area contributed by atoms with Gasteiger partial charge in [0.25, 0.3) is 0 Å². The van der Waals surface area contributed by atoms with E-state index in [1.54, 1.807) is 12.2 Å². The van der Waals surface area contributed by atoms with Crippen molar-refractivity contribution in [2.75, 3.05) is 7.11 Å². The first-order valence-electron chi connectivity index (χ1n) is 10.9. The fraction of sp³-hybridized carbons (Fsp3) is 0.0769. The summed E-state index contributed by atoms with van der Waals surface area (Å²) in [7, 11) is -6.99. The second-order valence-corrected chi connectivity index (χ2v) is 11.9. The van der Waals surface area contributed by atoms with E-state index in [4.69, 9.17) is 13.2 Å². The molecule has 0 amide bonds. The molecule has 3 aromatic rings. The molecule has 0 spiro atoms. The Morgan fingerprint density at radius 2 is 1.45 bits per heavy atom. The third-order valence-electron chi connectivity index (χ3n) is 5.26. The summed E-state index contributed by atoms with van der Waals surface area (Å²) < 4.78 is 65.1. The lowest BCUT2D eigenvalue weighted by molar-refractivity contribution is 0.340. The highest BCUT2D eigenvalue weighted by Gasteiger charge is 2.21. The number of rotatable bonds is 8. The summed E-state index contributed by atoms with van der Waals surface area (Å²) in [6, 6.07) is 19.9. The van der Waals surface area contributed by atoms with Crippen LogP contribution in [0.5, 0.6) is 11.5 Å². The van der Waals surface area contributed by atoms with Crippen LogP contribution in [-0.4, -0.2) is 29.0 Å². The molecule has 0 atom stereocenters. The van der Waals surface area contributed by atoms with E-state index in [-0.39, 0.29) is 20.6 Å². The van der Waals surface area contributed by atoms with Crippen molar-refractivity contribution in [3.05, 3.63) is 101 Å². The van der Waals surface area contributed by atoms with Crippen molar-refractivity contribution in [2.45, 2.75) is 16.7 Å². The van der Waals surface area contributed by atoms with Crippen molar-refractivity contribution in [3.63, 3.8) is 0 Å². The first-order valence-corrected chi connectivity index (χ1v) is 14.5. The number of nitriles is 1. The Morgan fingerprint density at radius 1 is 0.842 bits per heavy atom. The molecule has 0 N–H and O–H groups in total. The van der Waals surface area contributed by atoms with Gasteiger partial charge in [0.15, 0.2) is 0 Å². The van der Waals surface area contributed by atoms with E-state index in [2.05, 4.69) is 11.2 Å². The Bertz CT molecular complexity index is 1700. The molecule has 0 bridgehead atoms. The lowest BCUT2D eigenvalue weighted by atomic mass is 10.0. The molecule has 0 aromatic heterocycles. The zero-order valence-electron chi connectivity index (χ0n) is 20.1. The summed E-state index contributed by atoms with van der Waals surface area (Å²) >= 11 is 1.10. The Hall–Kier alpha value is -4.05. The molecular weight excluding hydrogens is 548 g/mol. The quantitative estimate of drug-likeness (QED) is 0.208. The van der Waals surface area contributed by atoms with Gasteiger partial charge >= 0.3 is 20.2 Å². The van der Waals surface area contributed by atoms with Gasteiger partial charge in [-0.15, -0.1) is 0 Å². The molecule has 3 aromatic carbocycles. The number of nitrogens with zero attached hydrogens (tertiary/aromatic N) is 2. The highest BCUT2D eigenvalue weighted by atomic mass is 32.2. The van der Waals surface area contributed by atoms with Gasteiger partial charge in [0.2, 0.25) is 0 Å². The van der Waals surface area contributed by atoms with Crippen molar-refractivity contribution < 1.29 is 30.0 Å². The number of hydrogen-bond donors (Lipinski definition) is 0. The Balaban J connectivity index is 1.45. The van der Waals surface area contributed by atoms with Gasteiger partial charge in [-0.3, -0.25) is 4.28 Å². The van der Waals surface area contributed by atoms with E-state index in [9.17, 15) is 22.1 Å². The van der Waals surface area contributed by atoms with Gasteiger partial charge in [0, 0.05) is 4.91 Å². The van der Waals surface area contributed by atoms with Gasteiger partial charge in [-0.1, -0.05) is 41.2 Å². The van der Waals surface area contributed by atoms with Gasteiger partial charge in [0.05, 0.1) is 12.7 Å². The van der Waals surface area contributed by atoms with Crippen LogP contribution < -0.4 is 8.92 Å². The Labute approximate surface area is 224 Å². The van der Waals surface area contributed by atoms with Crippen LogP contribution in [0.3, 0.4) is 0 Å². The van der Waals surface area contributed by atoms with Crippen molar-refractivity contribution in [2.24, 2.45) is 5.16 Å². The van der Waals surface area contributed by atoms with Crippen LogP contribution in [0.15, 0.2) is 105 Å². The maximum atomic E-state index is 12.6. The molecule has 0 saturated carbocycles. The predicted octanol–water partition coefficient (Wildman–Crippen LogP) is 5.03. The number of hydrogen-bond acceptors (Lipinski definition) is 10. The van der Waals surface area contributed by atoms with Gasteiger partial charge in [-0.05, 0) is 78.7 Å². The molecular formula is C26H20N2O7S3. The molecule has 4 rings (SSSR count). The van der Waals surface area contributed by atoms with Crippen LogP contribution in [0.1, 0.15) is 11.1 Å². The summed E-state index contributed by atoms with van der Waals surface area (Å²) in [5.74, 6) is 0.396. The summed E-state index contributed by atoms with van der Waals surface area (Å²) in [5, 5.41) is 13.6. The molecule has 0 saturated heterocycles. The monoisotopic (exact) mass is 568 g/mol. The van der Waals surface area contributed by atoms with Crippen LogP contribution in [0.4, 0.5) is 0 Å². The second kappa shape index (κ2) is 11.1. The smallest absolute Gasteiger partial charge is 0.358 e. The predicted molar refractivity (Wildman–Crippen MR) is 143 cm³/mol. The minimum atomic E-state index is -4.30. The summed E-state index contributed by atoms with van der Waals surface area (Å²) in [6.07, 6.45) is 3.21. The minimum Gasteiger partial charge on any atom is -0.497 e. The highest BCUT2D eigenvalue weighted by molar-refractivity contribution is 8.18. The first kappa shape index (κ1) is 27.0. The molecule has 0 unspecified atom stereocenters. The van der Waals surface area contributed by atoms with Crippen molar-refractivity contribution in [1.82, 2.24) is 0 Å². The normalized spacial score (nSPS) is 15.7. The van der Waals surface area contributed by atoms with E-state index in [1.165, 1.54) is 43.5 Å². The third kappa shape index (κ3) is 6.08. The zero-order valence-corrected chi connectivity index (χ0v) is 22.5.